The molecule has 1 aliphatic heterocycles. The van der Waals surface area contributed by atoms with Crippen LogP contribution in [0, 0.1) is 13.8 Å². The third-order valence-corrected chi connectivity index (χ3v) is 3.02. The Labute approximate surface area is 113 Å². The van der Waals surface area contributed by atoms with E-state index in [2.05, 4.69) is 41.2 Å². The Balaban J connectivity index is 2.18. The molecule has 4 nitrogen and oxygen atoms in total. The minimum Gasteiger partial charge on any atom is -0.483 e. The fourth-order valence-electron chi connectivity index (χ4n) is 1.89. The summed E-state index contributed by atoms with van der Waals surface area (Å²) in [5, 5.41) is 6.57. The Kier molecular flexibility index (Phi) is 4.36. The van der Waals surface area contributed by atoms with Crippen molar-refractivity contribution in [3.8, 4) is 5.75 Å². The van der Waals surface area contributed by atoms with E-state index in [9.17, 15) is 0 Å². The molecule has 1 aromatic rings. The van der Waals surface area contributed by atoms with Gasteiger partial charge in [0.25, 0.3) is 0 Å². The second kappa shape index (κ2) is 6.00. The van der Waals surface area contributed by atoms with Crippen LogP contribution in [0.4, 0.5) is 5.69 Å². The van der Waals surface area contributed by atoms with Gasteiger partial charge in [-0.15, -0.1) is 12.6 Å². The highest BCUT2D eigenvalue weighted by Gasteiger charge is 2.09. The molecule has 0 atom stereocenters. The van der Waals surface area contributed by atoms with Crippen molar-refractivity contribution in [1.29, 1.82) is 0 Å². The highest BCUT2D eigenvalue weighted by Crippen LogP contribution is 2.26. The fourth-order valence-corrected chi connectivity index (χ4v) is 2.03. The fraction of sp³-hybridized carbons (Fsp3) is 0.462. The lowest BCUT2D eigenvalue weighted by Gasteiger charge is -2.18. The summed E-state index contributed by atoms with van der Waals surface area (Å²) >= 11 is 4.08. The predicted molar refractivity (Wildman–Crippen MR) is 78.9 cm³/mol. The van der Waals surface area contributed by atoms with E-state index in [1.807, 2.05) is 13.0 Å². The van der Waals surface area contributed by atoms with E-state index in [1.54, 1.807) is 0 Å². The quantitative estimate of drug-likeness (QED) is 0.580. The zero-order valence-electron chi connectivity index (χ0n) is 10.8. The first kappa shape index (κ1) is 13.1. The molecule has 1 aromatic carbocycles. The minimum absolute atomic E-state index is 0.390. The summed E-state index contributed by atoms with van der Waals surface area (Å²) in [5.74, 6) is 2.12. The first-order chi connectivity index (χ1) is 8.70. The van der Waals surface area contributed by atoms with Crippen LogP contribution in [0.5, 0.6) is 5.75 Å². The Hall–Kier alpha value is -1.36. The van der Waals surface area contributed by atoms with Gasteiger partial charge < -0.3 is 15.4 Å². The summed E-state index contributed by atoms with van der Waals surface area (Å²) in [6, 6.07) is 4.10. The normalized spacial score (nSPS) is 14.7. The van der Waals surface area contributed by atoms with Gasteiger partial charge in [-0.2, -0.15) is 0 Å². The van der Waals surface area contributed by atoms with Crippen LogP contribution in [0.2, 0.25) is 0 Å². The minimum atomic E-state index is 0.390. The molecule has 0 saturated carbocycles. The molecule has 0 fully saturated rings. The molecule has 0 aromatic heterocycles. The van der Waals surface area contributed by atoms with Crippen molar-refractivity contribution < 1.29 is 4.74 Å². The van der Waals surface area contributed by atoms with Gasteiger partial charge in [-0.3, -0.25) is 4.99 Å². The van der Waals surface area contributed by atoms with Crippen LogP contribution in [0.3, 0.4) is 0 Å². The van der Waals surface area contributed by atoms with Gasteiger partial charge in [0.2, 0.25) is 0 Å². The van der Waals surface area contributed by atoms with Gasteiger partial charge in [0, 0.05) is 18.8 Å². The molecule has 0 unspecified atom stereocenters. The number of hydrogen-bond acceptors (Lipinski definition) is 5. The Morgan fingerprint density at radius 3 is 2.89 bits per heavy atom. The van der Waals surface area contributed by atoms with E-state index in [4.69, 9.17) is 4.74 Å². The maximum atomic E-state index is 5.45. The number of nitrogens with one attached hydrogen (secondary N) is 2. The highest BCUT2D eigenvalue weighted by atomic mass is 32.1. The molecular weight excluding hydrogens is 246 g/mol. The van der Waals surface area contributed by atoms with Gasteiger partial charge in [-0.1, -0.05) is 0 Å². The molecule has 98 valence electrons. The SMILES string of the molecule is Cc1cc(OCS)c(C)cc1NC1=NCCCN1. The first-order valence-corrected chi connectivity index (χ1v) is 6.74. The van der Waals surface area contributed by atoms with Gasteiger partial charge in [0.1, 0.15) is 11.7 Å². The molecule has 0 radical (unpaired) electrons. The van der Waals surface area contributed by atoms with Crippen molar-refractivity contribution in [3.63, 3.8) is 0 Å². The van der Waals surface area contributed by atoms with E-state index in [1.165, 1.54) is 0 Å². The van der Waals surface area contributed by atoms with Crippen LogP contribution in [-0.4, -0.2) is 25.0 Å². The number of hydrogen-bond donors (Lipinski definition) is 3. The molecule has 5 heteroatoms. The topological polar surface area (TPSA) is 45.6 Å². The van der Waals surface area contributed by atoms with E-state index in [0.717, 1.165) is 48.0 Å². The number of benzene rings is 1. The molecule has 2 rings (SSSR count). The van der Waals surface area contributed by atoms with Crippen molar-refractivity contribution in [2.75, 3.05) is 24.3 Å². The number of ether oxygens (including phenoxy) is 1. The van der Waals surface area contributed by atoms with Crippen molar-refractivity contribution in [2.45, 2.75) is 20.3 Å². The van der Waals surface area contributed by atoms with Gasteiger partial charge in [-0.05, 0) is 43.5 Å². The monoisotopic (exact) mass is 265 g/mol. The molecule has 0 saturated heterocycles. The first-order valence-electron chi connectivity index (χ1n) is 6.11. The lowest BCUT2D eigenvalue weighted by Crippen LogP contribution is -2.35. The largest absolute Gasteiger partial charge is 0.483 e. The van der Waals surface area contributed by atoms with Gasteiger partial charge in [-0.25, -0.2) is 0 Å². The van der Waals surface area contributed by atoms with Crippen LogP contribution in [0.1, 0.15) is 17.5 Å². The Morgan fingerprint density at radius 2 is 2.22 bits per heavy atom. The summed E-state index contributed by atoms with van der Waals surface area (Å²) in [6.45, 7) is 5.94. The van der Waals surface area contributed by atoms with E-state index in [-0.39, 0.29) is 0 Å². The predicted octanol–water partition coefficient (Wildman–Crippen LogP) is 2.33. The maximum Gasteiger partial charge on any atom is 0.195 e. The maximum absolute atomic E-state index is 5.45. The molecule has 0 spiro atoms. The average Bonchev–Trinajstić information content (AvgIpc) is 2.37. The Bertz CT molecular complexity index is 460. The standard InChI is InChI=1S/C13H19N3OS/c1-9-7-12(17-8-18)10(2)6-11(9)16-13-14-4-3-5-15-13/h6-7,18H,3-5,8H2,1-2H3,(H2,14,15,16). The third kappa shape index (κ3) is 3.10. The molecule has 0 aliphatic carbocycles. The zero-order valence-corrected chi connectivity index (χ0v) is 11.7. The summed E-state index contributed by atoms with van der Waals surface area (Å²) in [6.07, 6.45) is 1.10. The van der Waals surface area contributed by atoms with Crippen molar-refractivity contribution in [2.24, 2.45) is 4.99 Å². The smallest absolute Gasteiger partial charge is 0.195 e. The van der Waals surface area contributed by atoms with E-state index in [0.29, 0.717) is 5.94 Å². The number of aryl methyl sites for hydroxylation is 2. The third-order valence-electron chi connectivity index (χ3n) is 2.89. The number of anilines is 1. The molecule has 0 amide bonds. The highest BCUT2D eigenvalue weighted by molar-refractivity contribution is 7.80. The van der Waals surface area contributed by atoms with Crippen LogP contribution in [0.25, 0.3) is 0 Å². The van der Waals surface area contributed by atoms with Crippen molar-refractivity contribution >= 4 is 24.3 Å². The number of thiol groups is 1. The number of guanidine groups is 1. The van der Waals surface area contributed by atoms with Crippen LogP contribution in [-0.2, 0) is 0 Å². The Morgan fingerprint density at radius 1 is 1.39 bits per heavy atom. The summed E-state index contributed by atoms with van der Waals surface area (Å²) in [4.78, 5) is 4.41. The zero-order chi connectivity index (χ0) is 13.0. The molecule has 1 aliphatic rings. The summed E-state index contributed by atoms with van der Waals surface area (Å²) < 4.78 is 5.45. The van der Waals surface area contributed by atoms with Crippen molar-refractivity contribution in [3.05, 3.63) is 23.3 Å². The second-order valence-electron chi connectivity index (χ2n) is 4.34. The number of aliphatic imine (C=N–C) groups is 1. The summed E-state index contributed by atoms with van der Waals surface area (Å²) in [7, 11) is 0. The van der Waals surface area contributed by atoms with Crippen LogP contribution < -0.4 is 15.4 Å². The van der Waals surface area contributed by atoms with Crippen LogP contribution >= 0.6 is 12.6 Å². The molecule has 18 heavy (non-hydrogen) atoms. The van der Waals surface area contributed by atoms with Crippen LogP contribution in [0.15, 0.2) is 17.1 Å². The van der Waals surface area contributed by atoms with E-state index >= 15 is 0 Å². The molecule has 0 bridgehead atoms. The molecular formula is C13H19N3OS. The lowest BCUT2D eigenvalue weighted by molar-refractivity contribution is 0.391. The number of rotatable bonds is 3. The van der Waals surface area contributed by atoms with Gasteiger partial charge in [0.15, 0.2) is 5.96 Å². The average molecular weight is 265 g/mol. The molecule has 1 heterocycles. The van der Waals surface area contributed by atoms with Gasteiger partial charge >= 0.3 is 0 Å². The second-order valence-corrected chi connectivity index (χ2v) is 4.60. The van der Waals surface area contributed by atoms with Gasteiger partial charge in [0.05, 0.1) is 0 Å². The van der Waals surface area contributed by atoms with E-state index < -0.39 is 0 Å². The summed E-state index contributed by atoms with van der Waals surface area (Å²) in [5.41, 5.74) is 3.29. The molecule has 2 N–H and O–H groups in total. The van der Waals surface area contributed by atoms with Crippen molar-refractivity contribution in [1.82, 2.24) is 5.32 Å². The number of nitrogens with zero attached hydrogens (tertiary/aromatic N) is 1. The lowest BCUT2D eigenvalue weighted by atomic mass is 10.1.